The average Bonchev–Trinajstić information content (AvgIpc) is 2.78. The molecule has 0 N–H and O–H groups in total. The maximum atomic E-state index is 14.4. The second-order valence-corrected chi connectivity index (χ2v) is 10.5. The van der Waals surface area contributed by atoms with Gasteiger partial charge >= 0.3 is 0 Å². The van der Waals surface area contributed by atoms with Crippen molar-refractivity contribution in [1.29, 1.82) is 0 Å². The quantitative estimate of drug-likeness (QED) is 0.258. The van der Waals surface area contributed by atoms with Crippen LogP contribution in [0, 0.1) is 6.92 Å². The van der Waals surface area contributed by atoms with Gasteiger partial charge in [0.1, 0.15) is 0 Å². The van der Waals surface area contributed by atoms with Crippen LogP contribution < -0.4 is 5.56 Å². The maximum absolute atomic E-state index is 14.4. The van der Waals surface area contributed by atoms with E-state index in [0.717, 1.165) is 63.8 Å². The maximum Gasteiger partial charge on any atom is 0.263 e. The molecule has 0 radical (unpaired) electrons. The van der Waals surface area contributed by atoms with Crippen LogP contribution in [-0.2, 0) is 11.8 Å². The fourth-order valence-electron chi connectivity index (χ4n) is 5.47. The van der Waals surface area contributed by atoms with Crippen LogP contribution in [0.3, 0.4) is 0 Å². The van der Waals surface area contributed by atoms with Crippen LogP contribution in [0.4, 0.5) is 0 Å². The van der Waals surface area contributed by atoms with Gasteiger partial charge in [-0.3, -0.25) is 9.36 Å². The van der Waals surface area contributed by atoms with E-state index in [1.165, 1.54) is 24.8 Å². The van der Waals surface area contributed by atoms with E-state index in [-0.39, 0.29) is 11.0 Å². The number of nitrogens with zero attached hydrogens (tertiary/aromatic N) is 2. The Balaban J connectivity index is 1.82. The molecule has 2 aromatic carbocycles. The number of fused-ring (bicyclic) bond motifs is 4. The smallest absolute Gasteiger partial charge is 0.263 e. The van der Waals surface area contributed by atoms with Crippen molar-refractivity contribution in [2.45, 2.75) is 62.9 Å². The number of aromatic nitrogens is 2. The van der Waals surface area contributed by atoms with Crippen molar-refractivity contribution in [3.63, 3.8) is 0 Å². The summed E-state index contributed by atoms with van der Waals surface area (Å²) in [7, 11) is 0. The largest absolute Gasteiger partial charge is 0.268 e. The molecular weight excluding hydrogens is 412 g/mol. The van der Waals surface area contributed by atoms with Gasteiger partial charge in [-0.2, -0.15) is 0 Å². The van der Waals surface area contributed by atoms with Crippen molar-refractivity contribution in [3.05, 3.63) is 87.7 Å². The second kappa shape index (κ2) is 8.40. The molecule has 1 fully saturated rings. The molecule has 0 saturated heterocycles. The van der Waals surface area contributed by atoms with Gasteiger partial charge in [-0.1, -0.05) is 79.6 Å². The fourth-order valence-corrected chi connectivity index (χ4v) is 6.32. The number of rotatable bonds is 4. The first-order valence-corrected chi connectivity index (χ1v) is 12.6. The lowest BCUT2D eigenvalue weighted by Crippen LogP contribution is -2.42. The molecule has 3 nitrogen and oxygen atoms in total. The molecule has 2 aliphatic carbocycles. The van der Waals surface area contributed by atoms with Gasteiger partial charge in [-0.25, -0.2) is 4.98 Å². The summed E-state index contributed by atoms with van der Waals surface area (Å²) in [5.74, 6) is 0.740. The summed E-state index contributed by atoms with van der Waals surface area (Å²) < 4.78 is 1.86. The van der Waals surface area contributed by atoms with Gasteiger partial charge in [0.15, 0.2) is 5.16 Å². The Bertz CT molecular complexity index is 1250. The SMILES string of the molecule is C=C(C)CSc1nc2c(c(=O)n1-c1cccc(C)c1)C1(CCCCC1)Cc1ccccc1-2. The van der Waals surface area contributed by atoms with Crippen LogP contribution in [0.25, 0.3) is 16.9 Å². The van der Waals surface area contributed by atoms with Gasteiger partial charge < -0.3 is 0 Å². The lowest BCUT2D eigenvalue weighted by molar-refractivity contribution is 0.283. The van der Waals surface area contributed by atoms with E-state index in [4.69, 9.17) is 4.98 Å². The van der Waals surface area contributed by atoms with Gasteiger partial charge in [0.05, 0.1) is 16.9 Å². The molecule has 0 aliphatic heterocycles. The third-order valence-corrected chi connectivity index (χ3v) is 8.07. The standard InChI is InChI=1S/C28H30N2OS/c1-19(2)18-32-27-29-25-23-13-6-5-11-21(23)17-28(14-7-4-8-15-28)24(25)26(31)30(27)22-12-9-10-20(3)16-22/h5-6,9-13,16H,1,4,7-8,14-15,17-18H2,2-3H3. The van der Waals surface area contributed by atoms with Crippen molar-refractivity contribution in [1.82, 2.24) is 9.55 Å². The molecule has 32 heavy (non-hydrogen) atoms. The predicted molar refractivity (Wildman–Crippen MR) is 134 cm³/mol. The Labute approximate surface area is 194 Å². The zero-order valence-corrected chi connectivity index (χ0v) is 19.8. The van der Waals surface area contributed by atoms with E-state index in [1.54, 1.807) is 11.8 Å². The molecule has 4 heteroatoms. The number of hydrogen-bond donors (Lipinski definition) is 0. The average molecular weight is 443 g/mol. The topological polar surface area (TPSA) is 34.9 Å². The molecule has 2 aliphatic rings. The zero-order chi connectivity index (χ0) is 22.3. The number of aryl methyl sites for hydroxylation is 1. The molecule has 1 aromatic heterocycles. The molecule has 0 atom stereocenters. The van der Waals surface area contributed by atoms with Crippen molar-refractivity contribution in [2.24, 2.45) is 0 Å². The first kappa shape index (κ1) is 21.3. The van der Waals surface area contributed by atoms with Crippen LogP contribution >= 0.6 is 11.8 Å². The van der Waals surface area contributed by atoms with Gasteiger partial charge in [-0.05, 0) is 56.4 Å². The van der Waals surface area contributed by atoms with Crippen LogP contribution in [0.2, 0.25) is 0 Å². The highest BCUT2D eigenvalue weighted by atomic mass is 32.2. The predicted octanol–water partition coefficient (Wildman–Crippen LogP) is 6.63. The number of thioether (sulfide) groups is 1. The van der Waals surface area contributed by atoms with Gasteiger partial charge in [0, 0.05) is 16.7 Å². The van der Waals surface area contributed by atoms with E-state index in [1.807, 2.05) is 23.6 Å². The van der Waals surface area contributed by atoms with E-state index < -0.39 is 0 Å². The highest BCUT2D eigenvalue weighted by Crippen LogP contribution is 2.49. The summed E-state index contributed by atoms with van der Waals surface area (Å²) in [5, 5.41) is 0.755. The lowest BCUT2D eigenvalue weighted by atomic mass is 9.62. The van der Waals surface area contributed by atoms with Crippen molar-refractivity contribution in [3.8, 4) is 16.9 Å². The van der Waals surface area contributed by atoms with Gasteiger partial charge in [0.25, 0.3) is 5.56 Å². The highest BCUT2D eigenvalue weighted by Gasteiger charge is 2.43. The van der Waals surface area contributed by atoms with E-state index in [9.17, 15) is 4.79 Å². The normalized spacial score (nSPS) is 16.4. The first-order valence-electron chi connectivity index (χ1n) is 11.6. The zero-order valence-electron chi connectivity index (χ0n) is 19.0. The van der Waals surface area contributed by atoms with Crippen LogP contribution in [0.5, 0.6) is 0 Å². The lowest BCUT2D eigenvalue weighted by Gasteiger charge is -2.42. The van der Waals surface area contributed by atoms with Crippen LogP contribution in [0.1, 0.15) is 55.7 Å². The second-order valence-electron chi connectivity index (χ2n) is 9.52. The Morgan fingerprint density at radius 2 is 1.91 bits per heavy atom. The van der Waals surface area contributed by atoms with Crippen LogP contribution in [-0.4, -0.2) is 15.3 Å². The molecule has 0 amide bonds. The summed E-state index contributed by atoms with van der Waals surface area (Å²) >= 11 is 1.60. The summed E-state index contributed by atoms with van der Waals surface area (Å²) in [6.45, 7) is 8.15. The summed E-state index contributed by atoms with van der Waals surface area (Å²) in [6, 6.07) is 16.8. The minimum atomic E-state index is -0.102. The van der Waals surface area contributed by atoms with Gasteiger partial charge in [0.2, 0.25) is 0 Å². The minimum absolute atomic E-state index is 0.102. The molecule has 164 valence electrons. The Morgan fingerprint density at radius 1 is 1.12 bits per heavy atom. The number of benzene rings is 2. The van der Waals surface area contributed by atoms with Crippen molar-refractivity contribution < 1.29 is 0 Å². The Hall–Kier alpha value is -2.59. The monoisotopic (exact) mass is 442 g/mol. The van der Waals surface area contributed by atoms with E-state index in [2.05, 4.69) is 49.9 Å². The third kappa shape index (κ3) is 3.65. The molecule has 1 heterocycles. The van der Waals surface area contributed by atoms with Crippen molar-refractivity contribution >= 4 is 11.8 Å². The molecule has 1 spiro atoms. The first-order chi connectivity index (χ1) is 15.5. The molecular formula is C28H30N2OS. The van der Waals surface area contributed by atoms with E-state index >= 15 is 0 Å². The molecule has 1 saturated carbocycles. The summed E-state index contributed by atoms with van der Waals surface area (Å²) in [5.41, 5.74) is 7.43. The molecule has 3 aromatic rings. The highest BCUT2D eigenvalue weighted by molar-refractivity contribution is 7.99. The van der Waals surface area contributed by atoms with E-state index in [0.29, 0.717) is 0 Å². The minimum Gasteiger partial charge on any atom is -0.268 e. The van der Waals surface area contributed by atoms with Crippen LogP contribution in [0.15, 0.2) is 70.6 Å². The summed E-state index contributed by atoms with van der Waals surface area (Å²) in [4.78, 5) is 19.6. The van der Waals surface area contributed by atoms with Crippen molar-refractivity contribution in [2.75, 3.05) is 5.75 Å². The summed E-state index contributed by atoms with van der Waals surface area (Å²) in [6.07, 6.45) is 6.69. The fraction of sp³-hybridized carbons (Fsp3) is 0.357. The third-order valence-electron chi connectivity index (χ3n) is 6.90. The number of hydrogen-bond acceptors (Lipinski definition) is 3. The van der Waals surface area contributed by atoms with Gasteiger partial charge in [-0.15, -0.1) is 0 Å². The molecule has 0 unspecified atom stereocenters. The molecule has 5 rings (SSSR count). The molecule has 0 bridgehead atoms. The Morgan fingerprint density at radius 3 is 2.66 bits per heavy atom. The Kier molecular flexibility index (Phi) is 5.58.